The molecule has 38 heavy (non-hydrogen) atoms. The van der Waals surface area contributed by atoms with Crippen LogP contribution in [-0.4, -0.2) is 56.6 Å². The van der Waals surface area contributed by atoms with Gasteiger partial charge in [0, 0.05) is 0 Å². The van der Waals surface area contributed by atoms with Gasteiger partial charge in [-0.2, -0.15) is 0 Å². The summed E-state index contributed by atoms with van der Waals surface area (Å²) in [6.07, 6.45) is 0.320. The summed E-state index contributed by atoms with van der Waals surface area (Å²) in [6.45, 7) is 18.2. The Morgan fingerprint density at radius 1 is 0.711 bits per heavy atom. The maximum atomic E-state index is 10.9. The second-order valence-corrected chi connectivity index (χ2v) is 23.2. The lowest BCUT2D eigenvalue weighted by atomic mass is 10.2. The van der Waals surface area contributed by atoms with Crippen LogP contribution < -0.4 is 10.4 Å². The molecule has 2 aromatic rings. The van der Waals surface area contributed by atoms with Gasteiger partial charge >= 0.3 is 0 Å². The van der Waals surface area contributed by atoms with Crippen molar-refractivity contribution < 1.29 is 14.0 Å². The number of hydrogen-bond acceptors (Lipinski definition) is 5. The Morgan fingerprint density at radius 3 is 1.50 bits per heavy atom. The SMILES string of the molecule is CCSC(C[C@H](O[Si](c1ccccc1)(c1ccccc1)C(C)(C)C)[C@@H](CO)O[Si](CC)(CC)CC)SCC. The summed E-state index contributed by atoms with van der Waals surface area (Å²) in [5, 5.41) is 13.3. The smallest absolute Gasteiger partial charge is 0.261 e. The van der Waals surface area contributed by atoms with Gasteiger partial charge in [0.2, 0.25) is 0 Å². The molecule has 0 bridgehead atoms. The third-order valence-corrected chi connectivity index (χ3v) is 20.1. The first kappa shape index (κ1) is 33.7. The molecular formula is C31H52O3S2Si2. The summed E-state index contributed by atoms with van der Waals surface area (Å²) < 4.78 is 15.1. The predicted octanol–water partition coefficient (Wildman–Crippen LogP) is 7.54. The van der Waals surface area contributed by atoms with Gasteiger partial charge < -0.3 is 14.0 Å². The normalized spacial score (nSPS) is 14.6. The van der Waals surface area contributed by atoms with Crippen molar-refractivity contribution in [3.05, 3.63) is 60.7 Å². The molecule has 0 heterocycles. The van der Waals surface area contributed by atoms with Crippen molar-refractivity contribution in [2.24, 2.45) is 0 Å². The van der Waals surface area contributed by atoms with E-state index in [4.69, 9.17) is 8.85 Å². The summed E-state index contributed by atoms with van der Waals surface area (Å²) in [4.78, 5) is 0. The average molecular weight is 593 g/mol. The minimum atomic E-state index is -2.80. The largest absolute Gasteiger partial charge is 0.409 e. The van der Waals surface area contributed by atoms with Crippen molar-refractivity contribution in [3.63, 3.8) is 0 Å². The minimum absolute atomic E-state index is 0.0160. The number of aliphatic hydroxyl groups excluding tert-OH is 1. The number of rotatable bonds is 17. The first-order valence-electron chi connectivity index (χ1n) is 14.5. The van der Waals surface area contributed by atoms with E-state index in [0.29, 0.717) is 4.58 Å². The first-order valence-corrected chi connectivity index (χ1v) is 21.0. The van der Waals surface area contributed by atoms with Crippen molar-refractivity contribution in [2.75, 3.05) is 18.1 Å². The van der Waals surface area contributed by atoms with Gasteiger partial charge in [0.05, 0.1) is 23.4 Å². The third kappa shape index (κ3) is 8.24. The lowest BCUT2D eigenvalue weighted by molar-refractivity contribution is 0.00207. The van der Waals surface area contributed by atoms with Crippen LogP contribution in [0.5, 0.6) is 0 Å². The summed E-state index contributed by atoms with van der Waals surface area (Å²) >= 11 is 3.98. The van der Waals surface area contributed by atoms with E-state index in [9.17, 15) is 5.11 Å². The van der Waals surface area contributed by atoms with E-state index in [1.807, 2.05) is 23.5 Å². The minimum Gasteiger partial charge on any atom is -0.409 e. The van der Waals surface area contributed by atoms with Crippen LogP contribution in [0.25, 0.3) is 0 Å². The molecule has 7 heteroatoms. The number of benzene rings is 2. The van der Waals surface area contributed by atoms with Crippen LogP contribution in [0, 0.1) is 0 Å². The fraction of sp³-hybridized carbons (Fsp3) is 0.613. The van der Waals surface area contributed by atoms with E-state index < -0.39 is 16.6 Å². The number of aliphatic hydroxyl groups is 1. The third-order valence-electron chi connectivity index (χ3n) is 7.80. The van der Waals surface area contributed by atoms with E-state index in [1.54, 1.807) is 0 Å². The lowest BCUT2D eigenvalue weighted by Crippen LogP contribution is -2.69. The Kier molecular flexibility index (Phi) is 14.2. The molecule has 0 amide bonds. The highest BCUT2D eigenvalue weighted by molar-refractivity contribution is 8.16. The van der Waals surface area contributed by atoms with Gasteiger partial charge in [-0.15, -0.1) is 23.5 Å². The molecule has 0 radical (unpaired) electrons. The molecule has 0 aliphatic rings. The monoisotopic (exact) mass is 592 g/mol. The van der Waals surface area contributed by atoms with Crippen LogP contribution in [0.3, 0.4) is 0 Å². The second-order valence-electron chi connectivity index (χ2n) is 11.0. The molecule has 1 N–H and O–H groups in total. The van der Waals surface area contributed by atoms with Crippen molar-refractivity contribution >= 4 is 50.5 Å². The molecule has 0 aliphatic carbocycles. The summed E-state index contributed by atoms with van der Waals surface area (Å²) in [6, 6.07) is 24.9. The van der Waals surface area contributed by atoms with Crippen LogP contribution in [0.4, 0.5) is 0 Å². The lowest BCUT2D eigenvalue weighted by Gasteiger charge is -2.47. The van der Waals surface area contributed by atoms with Gasteiger partial charge in [0.1, 0.15) is 0 Å². The Hall–Kier alpha value is -0.546. The molecular weight excluding hydrogens is 541 g/mol. The molecule has 0 fully saturated rings. The molecule has 0 unspecified atom stereocenters. The zero-order valence-electron chi connectivity index (χ0n) is 25.0. The van der Waals surface area contributed by atoms with E-state index in [0.717, 1.165) is 36.1 Å². The molecule has 3 nitrogen and oxygen atoms in total. The molecule has 214 valence electrons. The highest BCUT2D eigenvalue weighted by Gasteiger charge is 2.53. The molecule has 0 saturated heterocycles. The number of thioether (sulfide) groups is 2. The Bertz CT molecular complexity index is 851. The molecule has 0 aromatic heterocycles. The van der Waals surface area contributed by atoms with Crippen molar-refractivity contribution in [1.82, 2.24) is 0 Å². The standard InChI is InChI=1S/C31H52O3S2Si2/c1-9-35-30(36-10-2)24-28(29(25-32)33-37(11-3,12-4)13-5)34-38(31(6,7)8,26-20-16-14-17-21-26)27-22-18-15-19-23-27/h14-23,28-30,32H,9-13,24-25H2,1-8H3/t28-,29+/m0/s1. The molecule has 2 atom stereocenters. The Morgan fingerprint density at radius 2 is 1.16 bits per heavy atom. The van der Waals surface area contributed by atoms with E-state index >= 15 is 0 Å². The van der Waals surface area contributed by atoms with Crippen LogP contribution >= 0.6 is 23.5 Å². The second kappa shape index (κ2) is 16.0. The predicted molar refractivity (Wildman–Crippen MR) is 176 cm³/mol. The molecule has 2 rings (SSSR count). The van der Waals surface area contributed by atoms with Crippen molar-refractivity contribution in [2.45, 2.75) is 102 Å². The highest BCUT2D eigenvalue weighted by Crippen LogP contribution is 2.40. The van der Waals surface area contributed by atoms with Crippen LogP contribution in [0.2, 0.25) is 23.2 Å². The Labute approximate surface area is 244 Å². The fourth-order valence-corrected chi connectivity index (χ4v) is 15.7. The Balaban J connectivity index is 2.73. The van der Waals surface area contributed by atoms with E-state index in [1.165, 1.54) is 10.4 Å². The fourth-order valence-electron chi connectivity index (χ4n) is 5.49. The van der Waals surface area contributed by atoms with Crippen LogP contribution in [-0.2, 0) is 8.85 Å². The molecule has 2 aromatic carbocycles. The van der Waals surface area contributed by atoms with Gasteiger partial charge in [-0.05, 0) is 51.5 Å². The van der Waals surface area contributed by atoms with Crippen molar-refractivity contribution in [3.8, 4) is 0 Å². The maximum absolute atomic E-state index is 10.9. The van der Waals surface area contributed by atoms with E-state index in [2.05, 4.69) is 116 Å². The molecule has 0 saturated carbocycles. The summed E-state index contributed by atoms with van der Waals surface area (Å²) in [7, 11) is -4.77. The summed E-state index contributed by atoms with van der Waals surface area (Å²) in [5.74, 6) is 2.12. The van der Waals surface area contributed by atoms with Crippen molar-refractivity contribution in [1.29, 1.82) is 0 Å². The van der Waals surface area contributed by atoms with Gasteiger partial charge in [0.15, 0.2) is 8.32 Å². The van der Waals surface area contributed by atoms with Gasteiger partial charge in [-0.1, -0.05) is 116 Å². The zero-order valence-corrected chi connectivity index (χ0v) is 28.7. The first-order chi connectivity index (χ1) is 18.2. The number of hydrogen-bond donors (Lipinski definition) is 1. The van der Waals surface area contributed by atoms with Gasteiger partial charge in [0.25, 0.3) is 8.32 Å². The van der Waals surface area contributed by atoms with Gasteiger partial charge in [-0.25, -0.2) is 0 Å². The zero-order chi connectivity index (χ0) is 28.2. The van der Waals surface area contributed by atoms with Crippen LogP contribution in [0.1, 0.15) is 61.8 Å². The summed E-state index contributed by atoms with van der Waals surface area (Å²) in [5.41, 5.74) is 0. The maximum Gasteiger partial charge on any atom is 0.261 e. The van der Waals surface area contributed by atoms with Gasteiger partial charge in [-0.3, -0.25) is 0 Å². The average Bonchev–Trinajstić information content (AvgIpc) is 2.93. The van der Waals surface area contributed by atoms with E-state index in [-0.39, 0.29) is 23.9 Å². The quantitative estimate of drug-likeness (QED) is 0.152. The molecule has 0 spiro atoms. The molecule has 0 aliphatic heterocycles. The van der Waals surface area contributed by atoms with Crippen LogP contribution in [0.15, 0.2) is 60.7 Å². The topological polar surface area (TPSA) is 38.7 Å². The highest BCUT2D eigenvalue weighted by atomic mass is 32.2.